The molecule has 1 aromatic heterocycles. The minimum absolute atomic E-state index is 0.0168. The van der Waals surface area contributed by atoms with Crippen molar-refractivity contribution < 1.29 is 18.0 Å². The predicted molar refractivity (Wildman–Crippen MR) is 122 cm³/mol. The molecule has 162 valence electrons. The van der Waals surface area contributed by atoms with Crippen molar-refractivity contribution in [2.75, 3.05) is 15.4 Å². The summed E-state index contributed by atoms with van der Waals surface area (Å²) in [6, 6.07) is 13.3. The van der Waals surface area contributed by atoms with Crippen LogP contribution in [0.2, 0.25) is 0 Å². The zero-order valence-corrected chi connectivity index (χ0v) is 18.6. The molecule has 2 amide bonds. The third-order valence-electron chi connectivity index (χ3n) is 4.25. The number of hydrogen-bond donors (Lipinski definition) is 3. The lowest BCUT2D eigenvalue weighted by atomic mass is 10.1. The third kappa shape index (κ3) is 6.12. The summed E-state index contributed by atoms with van der Waals surface area (Å²) >= 11 is 1.11. The average Bonchev–Trinajstić information content (AvgIpc) is 3.14. The lowest BCUT2D eigenvalue weighted by molar-refractivity contribution is -0.116. The number of carbonyl (C=O) groups excluding carboxylic acids is 2. The number of nitrogens with zero attached hydrogens (tertiary/aromatic N) is 1. The zero-order chi connectivity index (χ0) is 22.4. The maximum Gasteiger partial charge on any atom is 0.263 e. The molecule has 3 aromatic rings. The van der Waals surface area contributed by atoms with Gasteiger partial charge in [-0.3, -0.25) is 14.3 Å². The highest BCUT2D eigenvalue weighted by Gasteiger charge is 2.17. The molecule has 0 bridgehead atoms. The summed E-state index contributed by atoms with van der Waals surface area (Å²) in [4.78, 5) is 28.2. The van der Waals surface area contributed by atoms with Gasteiger partial charge < -0.3 is 10.6 Å². The van der Waals surface area contributed by atoms with Gasteiger partial charge in [0.05, 0.1) is 17.0 Å². The molecule has 3 N–H and O–H groups in total. The third-order valence-corrected chi connectivity index (χ3v) is 6.54. The fraction of sp³-hybridized carbons (Fsp3) is 0.190. The van der Waals surface area contributed by atoms with Gasteiger partial charge in [0.2, 0.25) is 11.8 Å². The fourth-order valence-electron chi connectivity index (χ4n) is 2.85. The second kappa shape index (κ2) is 9.71. The molecule has 0 unspecified atom stereocenters. The molecule has 0 radical (unpaired) electrons. The molecule has 0 aliphatic heterocycles. The lowest BCUT2D eigenvalue weighted by Crippen LogP contribution is -2.17. The number of amides is 2. The Kier molecular flexibility index (Phi) is 7.03. The van der Waals surface area contributed by atoms with Gasteiger partial charge in [-0.25, -0.2) is 13.4 Å². The summed E-state index contributed by atoms with van der Waals surface area (Å²) in [5.41, 5.74) is 2.58. The SMILES string of the molecule is CCc1ccc(NC(C)=O)cc1NC(=O)Cc1csc(NS(=O)(=O)c2ccccc2)n1. The molecule has 31 heavy (non-hydrogen) atoms. The number of rotatable bonds is 8. The Morgan fingerprint density at radius 1 is 1.06 bits per heavy atom. The summed E-state index contributed by atoms with van der Waals surface area (Å²) in [5.74, 6) is -0.494. The summed E-state index contributed by atoms with van der Waals surface area (Å²) in [5, 5.41) is 7.36. The number of carbonyl (C=O) groups is 2. The van der Waals surface area contributed by atoms with Crippen LogP contribution in [0.4, 0.5) is 16.5 Å². The van der Waals surface area contributed by atoms with E-state index < -0.39 is 10.0 Å². The molecule has 0 saturated heterocycles. The van der Waals surface area contributed by atoms with Crippen LogP contribution in [-0.2, 0) is 32.5 Å². The number of aryl methyl sites for hydroxylation is 1. The van der Waals surface area contributed by atoms with E-state index in [4.69, 9.17) is 0 Å². The van der Waals surface area contributed by atoms with Crippen molar-refractivity contribution in [1.82, 2.24) is 4.98 Å². The van der Waals surface area contributed by atoms with E-state index in [1.807, 2.05) is 13.0 Å². The van der Waals surface area contributed by atoms with Crippen LogP contribution in [0.3, 0.4) is 0 Å². The largest absolute Gasteiger partial charge is 0.326 e. The number of anilines is 3. The van der Waals surface area contributed by atoms with Crippen molar-refractivity contribution in [2.24, 2.45) is 0 Å². The van der Waals surface area contributed by atoms with Gasteiger partial charge in [0.15, 0.2) is 5.13 Å². The topological polar surface area (TPSA) is 117 Å². The van der Waals surface area contributed by atoms with Gasteiger partial charge in [0.1, 0.15) is 0 Å². The Balaban J connectivity index is 1.67. The second-order valence-corrected chi connectivity index (χ2v) is 9.23. The minimum Gasteiger partial charge on any atom is -0.326 e. The smallest absolute Gasteiger partial charge is 0.263 e. The summed E-state index contributed by atoms with van der Waals surface area (Å²) in [7, 11) is -3.74. The van der Waals surface area contributed by atoms with E-state index in [1.54, 1.807) is 35.7 Å². The Labute approximate surface area is 184 Å². The van der Waals surface area contributed by atoms with Gasteiger partial charge in [-0.2, -0.15) is 0 Å². The number of thiazole rings is 1. The molecule has 1 heterocycles. The number of sulfonamides is 1. The van der Waals surface area contributed by atoms with Crippen molar-refractivity contribution in [1.29, 1.82) is 0 Å². The van der Waals surface area contributed by atoms with Crippen LogP contribution in [0.15, 0.2) is 58.8 Å². The first kappa shape index (κ1) is 22.4. The highest BCUT2D eigenvalue weighted by atomic mass is 32.2. The van der Waals surface area contributed by atoms with Gasteiger partial charge in [-0.1, -0.05) is 31.2 Å². The highest BCUT2D eigenvalue weighted by molar-refractivity contribution is 7.93. The fourth-order valence-corrected chi connectivity index (χ4v) is 4.83. The molecular weight excluding hydrogens is 436 g/mol. The van der Waals surface area contributed by atoms with Crippen molar-refractivity contribution in [3.63, 3.8) is 0 Å². The summed E-state index contributed by atoms with van der Waals surface area (Å²) in [6.07, 6.45) is 0.690. The van der Waals surface area contributed by atoms with E-state index in [9.17, 15) is 18.0 Å². The number of aromatic nitrogens is 1. The van der Waals surface area contributed by atoms with E-state index in [0.29, 0.717) is 23.5 Å². The summed E-state index contributed by atoms with van der Waals surface area (Å²) in [6.45, 7) is 3.38. The van der Waals surface area contributed by atoms with Gasteiger partial charge in [0.25, 0.3) is 10.0 Å². The normalized spacial score (nSPS) is 11.0. The number of nitrogens with one attached hydrogen (secondary N) is 3. The first-order valence-corrected chi connectivity index (χ1v) is 11.9. The molecule has 0 spiro atoms. The Hall–Kier alpha value is -3.24. The maximum absolute atomic E-state index is 12.5. The van der Waals surface area contributed by atoms with Gasteiger partial charge in [0, 0.05) is 23.7 Å². The monoisotopic (exact) mass is 458 g/mol. The van der Waals surface area contributed by atoms with Crippen LogP contribution in [0.1, 0.15) is 25.1 Å². The first-order valence-electron chi connectivity index (χ1n) is 9.49. The number of benzene rings is 2. The van der Waals surface area contributed by atoms with E-state index in [2.05, 4.69) is 20.3 Å². The quantitative estimate of drug-likeness (QED) is 0.476. The van der Waals surface area contributed by atoms with Crippen LogP contribution >= 0.6 is 11.3 Å². The molecule has 0 aliphatic rings. The van der Waals surface area contributed by atoms with Gasteiger partial charge in [-0.15, -0.1) is 11.3 Å². The van der Waals surface area contributed by atoms with Crippen molar-refractivity contribution in [2.45, 2.75) is 31.6 Å². The van der Waals surface area contributed by atoms with Crippen LogP contribution in [0.25, 0.3) is 0 Å². The van der Waals surface area contributed by atoms with Crippen molar-refractivity contribution in [3.05, 3.63) is 65.2 Å². The van der Waals surface area contributed by atoms with Crippen molar-refractivity contribution >= 4 is 49.7 Å². The molecule has 0 atom stereocenters. The molecule has 8 nitrogen and oxygen atoms in total. The summed E-state index contributed by atoms with van der Waals surface area (Å²) < 4.78 is 27.2. The molecule has 0 fully saturated rings. The molecule has 0 aliphatic carbocycles. The molecule has 2 aromatic carbocycles. The van der Waals surface area contributed by atoms with Gasteiger partial charge >= 0.3 is 0 Å². The zero-order valence-electron chi connectivity index (χ0n) is 17.0. The average molecular weight is 459 g/mol. The van der Waals surface area contributed by atoms with Gasteiger partial charge in [-0.05, 0) is 36.2 Å². The standard InChI is InChI=1S/C21H22N4O4S2/c1-3-15-9-10-16(22-14(2)26)11-19(15)24-20(27)12-17-13-30-21(23-17)25-31(28,29)18-7-5-4-6-8-18/h4-11,13H,3,12H2,1-2H3,(H,22,26)(H,23,25)(H,24,27). The highest BCUT2D eigenvalue weighted by Crippen LogP contribution is 2.23. The lowest BCUT2D eigenvalue weighted by Gasteiger charge is -2.12. The Morgan fingerprint density at radius 3 is 2.48 bits per heavy atom. The van der Waals surface area contributed by atoms with E-state index in [0.717, 1.165) is 16.9 Å². The van der Waals surface area contributed by atoms with E-state index in [1.165, 1.54) is 19.1 Å². The Bertz CT molecular complexity index is 1190. The van der Waals surface area contributed by atoms with Crippen LogP contribution < -0.4 is 15.4 Å². The maximum atomic E-state index is 12.5. The van der Waals surface area contributed by atoms with E-state index >= 15 is 0 Å². The van der Waals surface area contributed by atoms with Crippen LogP contribution in [-0.4, -0.2) is 25.2 Å². The second-order valence-electron chi connectivity index (χ2n) is 6.69. The predicted octanol–water partition coefficient (Wildman–Crippen LogP) is 3.65. The van der Waals surface area contributed by atoms with Crippen molar-refractivity contribution in [3.8, 4) is 0 Å². The van der Waals surface area contributed by atoms with E-state index in [-0.39, 0.29) is 28.3 Å². The minimum atomic E-state index is -3.74. The Morgan fingerprint density at radius 2 is 1.81 bits per heavy atom. The number of hydrogen-bond acceptors (Lipinski definition) is 6. The molecular formula is C21H22N4O4S2. The first-order chi connectivity index (χ1) is 14.8. The molecule has 3 rings (SSSR count). The van der Waals surface area contributed by atoms with Crippen LogP contribution in [0.5, 0.6) is 0 Å². The molecule has 0 saturated carbocycles. The van der Waals surface area contributed by atoms with Crippen LogP contribution in [0, 0.1) is 0 Å². The molecule has 10 heteroatoms.